The van der Waals surface area contributed by atoms with Crippen molar-refractivity contribution in [3.05, 3.63) is 21.8 Å². The molecule has 0 spiro atoms. The smallest absolute Gasteiger partial charge is 0.145 e. The van der Waals surface area contributed by atoms with Crippen molar-refractivity contribution in [1.82, 2.24) is 4.98 Å². The number of aromatic nitrogens is 1. The van der Waals surface area contributed by atoms with Gasteiger partial charge in [0.1, 0.15) is 5.82 Å². The fourth-order valence-corrected chi connectivity index (χ4v) is 2.03. The topological polar surface area (TPSA) is 34.1 Å². The van der Waals surface area contributed by atoms with Crippen molar-refractivity contribution >= 4 is 33.3 Å². The fourth-order valence-electron chi connectivity index (χ4n) is 1.34. The lowest BCUT2D eigenvalue weighted by atomic mass is 10.1. The minimum absolute atomic E-state index is 0.209. The third-order valence-electron chi connectivity index (χ3n) is 2.44. The van der Waals surface area contributed by atoms with E-state index in [4.69, 9.17) is 16.3 Å². The van der Waals surface area contributed by atoms with Crippen LogP contribution >= 0.6 is 27.5 Å². The predicted molar refractivity (Wildman–Crippen MR) is 75.7 cm³/mol. The quantitative estimate of drug-likeness (QED) is 0.861. The largest absolute Gasteiger partial charge is 0.380 e. The summed E-state index contributed by atoms with van der Waals surface area (Å²) in [6.07, 6.45) is 1.73. The van der Waals surface area contributed by atoms with Gasteiger partial charge in [-0.25, -0.2) is 4.98 Å². The highest BCUT2D eigenvalue weighted by Crippen LogP contribution is 2.24. The second kappa shape index (κ2) is 7.19. The van der Waals surface area contributed by atoms with Crippen LogP contribution in [0.25, 0.3) is 0 Å². The zero-order valence-electron chi connectivity index (χ0n) is 10.3. The molecule has 96 valence electrons. The lowest BCUT2D eigenvalue weighted by Crippen LogP contribution is -2.31. The van der Waals surface area contributed by atoms with Crippen molar-refractivity contribution in [3.8, 4) is 0 Å². The second-order valence-electron chi connectivity index (χ2n) is 4.14. The van der Waals surface area contributed by atoms with Crippen LogP contribution in [0, 0.1) is 5.92 Å². The Hall–Kier alpha value is -0.320. The minimum atomic E-state index is 0.209. The monoisotopic (exact) mass is 320 g/mol. The first-order valence-electron chi connectivity index (χ1n) is 5.70. The van der Waals surface area contributed by atoms with Crippen molar-refractivity contribution in [2.75, 3.05) is 18.5 Å². The van der Waals surface area contributed by atoms with Gasteiger partial charge in [-0.3, -0.25) is 0 Å². The van der Waals surface area contributed by atoms with E-state index in [-0.39, 0.29) is 6.04 Å². The number of hydrogen-bond acceptors (Lipinski definition) is 3. The van der Waals surface area contributed by atoms with Crippen LogP contribution in [0.5, 0.6) is 0 Å². The first-order valence-corrected chi connectivity index (χ1v) is 6.87. The van der Waals surface area contributed by atoms with Crippen LogP contribution in [-0.2, 0) is 4.74 Å². The Morgan fingerprint density at radius 3 is 2.76 bits per heavy atom. The summed E-state index contributed by atoms with van der Waals surface area (Å²) in [4.78, 5) is 4.26. The van der Waals surface area contributed by atoms with Gasteiger partial charge < -0.3 is 10.1 Å². The van der Waals surface area contributed by atoms with E-state index in [9.17, 15) is 0 Å². The summed E-state index contributed by atoms with van der Waals surface area (Å²) in [6, 6.07) is 2.04. The van der Waals surface area contributed by atoms with Gasteiger partial charge in [-0.15, -0.1) is 0 Å². The van der Waals surface area contributed by atoms with E-state index in [1.165, 1.54) is 0 Å². The van der Waals surface area contributed by atoms with Crippen molar-refractivity contribution in [1.29, 1.82) is 0 Å². The van der Waals surface area contributed by atoms with E-state index in [0.29, 0.717) is 30.0 Å². The number of anilines is 1. The lowest BCUT2D eigenvalue weighted by Gasteiger charge is -2.23. The van der Waals surface area contributed by atoms with Gasteiger partial charge in [-0.05, 0) is 34.8 Å². The third-order valence-corrected chi connectivity index (χ3v) is 3.16. The molecule has 1 heterocycles. The summed E-state index contributed by atoms with van der Waals surface area (Å²) >= 11 is 9.45. The molecular weight excluding hydrogens is 304 g/mol. The molecule has 0 aliphatic rings. The highest BCUT2D eigenvalue weighted by molar-refractivity contribution is 9.10. The fraction of sp³-hybridized carbons (Fsp3) is 0.583. The molecule has 0 aromatic carbocycles. The van der Waals surface area contributed by atoms with Crippen LogP contribution in [0.4, 0.5) is 5.82 Å². The summed E-state index contributed by atoms with van der Waals surface area (Å²) in [5.74, 6) is 1.15. The third kappa shape index (κ3) is 4.82. The van der Waals surface area contributed by atoms with Crippen molar-refractivity contribution < 1.29 is 4.74 Å². The molecule has 0 radical (unpaired) electrons. The summed E-state index contributed by atoms with van der Waals surface area (Å²) < 4.78 is 6.32. The number of rotatable bonds is 6. The molecule has 1 N–H and O–H groups in total. The standard InChI is InChI=1S/C12H18BrClN2O/c1-4-17-7-11(8(2)3)16-12-10(14)5-9(13)6-15-12/h5-6,8,11H,4,7H2,1-3H3,(H,15,16). The van der Waals surface area contributed by atoms with Crippen molar-refractivity contribution in [2.45, 2.75) is 26.8 Å². The molecule has 0 fully saturated rings. The number of pyridine rings is 1. The van der Waals surface area contributed by atoms with Crippen LogP contribution in [0.2, 0.25) is 5.02 Å². The lowest BCUT2D eigenvalue weighted by molar-refractivity contribution is 0.126. The van der Waals surface area contributed by atoms with E-state index in [0.717, 1.165) is 4.47 Å². The molecule has 1 atom stereocenters. The van der Waals surface area contributed by atoms with Gasteiger partial charge in [0.05, 0.1) is 17.7 Å². The van der Waals surface area contributed by atoms with E-state index >= 15 is 0 Å². The molecule has 0 aliphatic carbocycles. The van der Waals surface area contributed by atoms with Crippen molar-refractivity contribution in [3.63, 3.8) is 0 Å². The Labute approximate surface area is 116 Å². The molecule has 1 aromatic heterocycles. The number of nitrogens with one attached hydrogen (secondary N) is 1. The molecule has 17 heavy (non-hydrogen) atoms. The van der Waals surface area contributed by atoms with Crippen LogP contribution in [0.1, 0.15) is 20.8 Å². The molecule has 1 unspecified atom stereocenters. The summed E-state index contributed by atoms with van der Waals surface area (Å²) in [7, 11) is 0. The van der Waals surface area contributed by atoms with E-state index in [1.807, 2.05) is 13.0 Å². The molecule has 3 nitrogen and oxygen atoms in total. The Morgan fingerprint density at radius 1 is 1.53 bits per heavy atom. The Morgan fingerprint density at radius 2 is 2.24 bits per heavy atom. The first-order chi connectivity index (χ1) is 8.04. The first kappa shape index (κ1) is 14.7. The zero-order valence-corrected chi connectivity index (χ0v) is 12.7. The second-order valence-corrected chi connectivity index (χ2v) is 5.46. The molecule has 1 rings (SSSR count). The highest BCUT2D eigenvalue weighted by atomic mass is 79.9. The van der Waals surface area contributed by atoms with Crippen LogP contribution in [0.15, 0.2) is 16.7 Å². The normalized spacial score (nSPS) is 12.8. The van der Waals surface area contributed by atoms with Gasteiger partial charge in [-0.2, -0.15) is 0 Å². The van der Waals surface area contributed by atoms with Gasteiger partial charge >= 0.3 is 0 Å². The average molecular weight is 322 g/mol. The highest BCUT2D eigenvalue weighted by Gasteiger charge is 2.15. The van der Waals surface area contributed by atoms with Crippen LogP contribution in [0.3, 0.4) is 0 Å². The zero-order chi connectivity index (χ0) is 12.8. The van der Waals surface area contributed by atoms with Gasteiger partial charge in [-0.1, -0.05) is 25.4 Å². The van der Waals surface area contributed by atoms with Gasteiger partial charge in [0.25, 0.3) is 0 Å². The minimum Gasteiger partial charge on any atom is -0.380 e. The number of nitrogens with zero attached hydrogens (tertiary/aromatic N) is 1. The molecule has 0 aliphatic heterocycles. The average Bonchev–Trinajstić information content (AvgIpc) is 2.26. The summed E-state index contributed by atoms with van der Waals surface area (Å²) in [5, 5.41) is 3.93. The van der Waals surface area contributed by atoms with Crippen LogP contribution in [-0.4, -0.2) is 24.2 Å². The van der Waals surface area contributed by atoms with Crippen LogP contribution < -0.4 is 5.32 Å². The molecule has 0 saturated heterocycles. The number of hydrogen-bond donors (Lipinski definition) is 1. The maximum absolute atomic E-state index is 6.12. The van der Waals surface area contributed by atoms with Gasteiger partial charge in [0, 0.05) is 17.3 Å². The molecular formula is C12H18BrClN2O. The molecule has 0 saturated carbocycles. The summed E-state index contributed by atoms with van der Waals surface area (Å²) in [6.45, 7) is 7.64. The Kier molecular flexibility index (Phi) is 6.23. The van der Waals surface area contributed by atoms with E-state index in [1.54, 1.807) is 6.20 Å². The number of halogens is 2. The van der Waals surface area contributed by atoms with Gasteiger partial charge in [0.15, 0.2) is 0 Å². The van der Waals surface area contributed by atoms with Gasteiger partial charge in [0.2, 0.25) is 0 Å². The van der Waals surface area contributed by atoms with E-state index in [2.05, 4.69) is 40.1 Å². The molecule has 1 aromatic rings. The molecule has 0 bridgehead atoms. The maximum Gasteiger partial charge on any atom is 0.145 e. The van der Waals surface area contributed by atoms with E-state index < -0.39 is 0 Å². The maximum atomic E-state index is 6.12. The number of ether oxygens (including phenoxy) is 1. The van der Waals surface area contributed by atoms with Crippen molar-refractivity contribution in [2.24, 2.45) is 5.92 Å². The SMILES string of the molecule is CCOCC(Nc1ncc(Br)cc1Cl)C(C)C. The predicted octanol–water partition coefficient (Wildman–Crippen LogP) is 3.97. The summed E-state index contributed by atoms with van der Waals surface area (Å²) in [5.41, 5.74) is 0. The Bertz CT molecular complexity index is 360. The molecule has 0 amide bonds. The molecule has 5 heteroatoms. The Balaban J connectivity index is 2.71.